The van der Waals surface area contributed by atoms with Crippen molar-refractivity contribution in [3.8, 4) is 0 Å². The van der Waals surface area contributed by atoms with Gasteiger partial charge in [-0.1, -0.05) is 42.7 Å². The molecule has 15 heavy (non-hydrogen) atoms. The topological polar surface area (TPSA) is 17.1 Å². The summed E-state index contributed by atoms with van der Waals surface area (Å²) in [6.07, 6.45) is 7.62. The molecule has 0 heterocycles. The Balaban J connectivity index is 2.09. The molecule has 0 N–H and O–H groups in total. The lowest BCUT2D eigenvalue weighted by Gasteiger charge is -2.01. The molecule has 0 aliphatic carbocycles. The van der Waals surface area contributed by atoms with Crippen molar-refractivity contribution in [2.24, 2.45) is 0 Å². The molecule has 1 aromatic rings. The van der Waals surface area contributed by atoms with Crippen molar-refractivity contribution in [3.63, 3.8) is 0 Å². The van der Waals surface area contributed by atoms with E-state index in [-0.39, 0.29) is 0 Å². The minimum Gasteiger partial charge on any atom is -0.303 e. The molecule has 1 aromatic carbocycles. The number of unbranched alkanes of at least 4 members (excludes halogenated alkanes) is 4. The fourth-order valence-corrected chi connectivity index (χ4v) is 1.67. The van der Waals surface area contributed by atoms with E-state index in [2.05, 4.69) is 31.2 Å². The van der Waals surface area contributed by atoms with Gasteiger partial charge in [-0.15, -0.1) is 0 Å². The number of carbonyl (C=O) groups excluding carboxylic acids is 1. The van der Waals surface area contributed by atoms with Gasteiger partial charge < -0.3 is 4.79 Å². The summed E-state index contributed by atoms with van der Waals surface area (Å²) in [5.74, 6) is 0. The van der Waals surface area contributed by atoms with E-state index in [0.29, 0.717) is 0 Å². The second kappa shape index (κ2) is 7.22. The third-order valence-electron chi connectivity index (χ3n) is 2.66. The molecule has 0 unspecified atom stereocenters. The monoisotopic (exact) mass is 204 g/mol. The summed E-state index contributed by atoms with van der Waals surface area (Å²) in [7, 11) is 0. The second-order valence-corrected chi connectivity index (χ2v) is 4.11. The van der Waals surface area contributed by atoms with Gasteiger partial charge in [-0.3, -0.25) is 0 Å². The van der Waals surface area contributed by atoms with Gasteiger partial charge in [-0.05, 0) is 31.7 Å². The molecule has 1 heteroatoms. The largest absolute Gasteiger partial charge is 0.303 e. The van der Waals surface area contributed by atoms with Gasteiger partial charge in [0.15, 0.2) is 0 Å². The molecule has 0 bridgehead atoms. The maximum absolute atomic E-state index is 10.1. The fraction of sp³-hybridized carbons (Fsp3) is 0.500. The van der Waals surface area contributed by atoms with Gasteiger partial charge in [0.2, 0.25) is 0 Å². The van der Waals surface area contributed by atoms with Crippen LogP contribution >= 0.6 is 0 Å². The van der Waals surface area contributed by atoms with Crippen LogP contribution in [0, 0.1) is 6.92 Å². The van der Waals surface area contributed by atoms with Gasteiger partial charge in [-0.25, -0.2) is 0 Å². The highest BCUT2D eigenvalue weighted by Crippen LogP contribution is 2.09. The molecule has 0 amide bonds. The Labute approximate surface area is 92.5 Å². The summed E-state index contributed by atoms with van der Waals surface area (Å²) in [4.78, 5) is 10.1. The number of benzene rings is 1. The number of rotatable bonds is 7. The first-order valence-corrected chi connectivity index (χ1v) is 5.82. The average molecular weight is 204 g/mol. The number of hydrogen-bond donors (Lipinski definition) is 0. The quantitative estimate of drug-likeness (QED) is 0.489. The summed E-state index contributed by atoms with van der Waals surface area (Å²) in [5, 5.41) is 0. The highest BCUT2D eigenvalue weighted by Gasteiger charge is 1.93. The highest BCUT2D eigenvalue weighted by atomic mass is 16.1. The van der Waals surface area contributed by atoms with Gasteiger partial charge in [-0.2, -0.15) is 0 Å². The molecule has 0 spiro atoms. The molecule has 82 valence electrons. The molecule has 0 atom stereocenters. The summed E-state index contributed by atoms with van der Waals surface area (Å²) < 4.78 is 0. The van der Waals surface area contributed by atoms with Crippen LogP contribution < -0.4 is 0 Å². The molecule has 1 rings (SSSR count). The van der Waals surface area contributed by atoms with Crippen LogP contribution in [-0.2, 0) is 11.2 Å². The summed E-state index contributed by atoms with van der Waals surface area (Å²) in [6.45, 7) is 2.11. The first-order chi connectivity index (χ1) is 7.33. The molecule has 0 radical (unpaired) electrons. The smallest absolute Gasteiger partial charge is 0.119 e. The lowest BCUT2D eigenvalue weighted by Crippen LogP contribution is -1.86. The van der Waals surface area contributed by atoms with Gasteiger partial charge in [0, 0.05) is 6.42 Å². The molecule has 0 aromatic heterocycles. The van der Waals surface area contributed by atoms with Crippen LogP contribution in [0.3, 0.4) is 0 Å². The zero-order valence-corrected chi connectivity index (χ0v) is 9.54. The van der Waals surface area contributed by atoms with Crippen LogP contribution in [0.15, 0.2) is 24.3 Å². The van der Waals surface area contributed by atoms with Crippen molar-refractivity contribution in [1.82, 2.24) is 0 Å². The summed E-state index contributed by atoms with van der Waals surface area (Å²) in [5.41, 5.74) is 2.75. The Kier molecular flexibility index (Phi) is 5.76. The Bertz CT molecular complexity index is 274. The Hall–Kier alpha value is -1.11. The summed E-state index contributed by atoms with van der Waals surface area (Å²) in [6, 6.07) is 8.75. The number of aldehydes is 1. The minimum absolute atomic E-state index is 0.727. The maximum Gasteiger partial charge on any atom is 0.119 e. The number of aryl methyl sites for hydroxylation is 2. The third kappa shape index (κ3) is 5.36. The van der Waals surface area contributed by atoms with Gasteiger partial charge in [0.25, 0.3) is 0 Å². The molecule has 0 saturated heterocycles. The van der Waals surface area contributed by atoms with Gasteiger partial charge in [0.05, 0.1) is 0 Å². The van der Waals surface area contributed by atoms with Crippen LogP contribution in [0.1, 0.15) is 43.2 Å². The van der Waals surface area contributed by atoms with E-state index in [4.69, 9.17) is 0 Å². The van der Waals surface area contributed by atoms with Crippen molar-refractivity contribution in [3.05, 3.63) is 35.4 Å². The zero-order valence-electron chi connectivity index (χ0n) is 9.54. The Morgan fingerprint density at radius 3 is 2.33 bits per heavy atom. The zero-order chi connectivity index (χ0) is 10.9. The first-order valence-electron chi connectivity index (χ1n) is 5.82. The Morgan fingerprint density at radius 2 is 1.67 bits per heavy atom. The molecule has 1 nitrogen and oxygen atoms in total. The molecular weight excluding hydrogens is 184 g/mol. The van der Waals surface area contributed by atoms with E-state index in [0.717, 1.165) is 19.1 Å². The number of carbonyl (C=O) groups is 1. The minimum atomic E-state index is 0.727. The van der Waals surface area contributed by atoms with E-state index in [9.17, 15) is 4.79 Å². The van der Waals surface area contributed by atoms with Crippen LogP contribution in [0.4, 0.5) is 0 Å². The Morgan fingerprint density at radius 1 is 1.00 bits per heavy atom. The van der Waals surface area contributed by atoms with Gasteiger partial charge >= 0.3 is 0 Å². The highest BCUT2D eigenvalue weighted by molar-refractivity contribution is 5.48. The number of hydrogen-bond acceptors (Lipinski definition) is 1. The van der Waals surface area contributed by atoms with E-state index in [1.54, 1.807) is 0 Å². The first kappa shape index (κ1) is 12.0. The standard InChI is InChI=1S/C14H20O/c1-13-8-10-14(11-9-13)7-5-3-2-4-6-12-15/h8-12H,2-7H2,1H3. The molecule has 0 fully saturated rings. The second-order valence-electron chi connectivity index (χ2n) is 4.11. The van der Waals surface area contributed by atoms with E-state index in [1.807, 2.05) is 0 Å². The van der Waals surface area contributed by atoms with Gasteiger partial charge in [0.1, 0.15) is 6.29 Å². The molecule has 0 aliphatic heterocycles. The van der Waals surface area contributed by atoms with Crippen molar-refractivity contribution >= 4 is 6.29 Å². The lowest BCUT2D eigenvalue weighted by atomic mass is 10.0. The predicted molar refractivity (Wildman–Crippen MR) is 64.0 cm³/mol. The van der Waals surface area contributed by atoms with Crippen molar-refractivity contribution in [1.29, 1.82) is 0 Å². The average Bonchev–Trinajstić information content (AvgIpc) is 2.26. The SMILES string of the molecule is Cc1ccc(CCCCCCC=O)cc1. The summed E-state index contributed by atoms with van der Waals surface area (Å²) >= 11 is 0. The van der Waals surface area contributed by atoms with E-state index in [1.165, 1.54) is 36.8 Å². The molecular formula is C14H20O. The third-order valence-corrected chi connectivity index (χ3v) is 2.66. The van der Waals surface area contributed by atoms with Crippen molar-refractivity contribution < 1.29 is 4.79 Å². The van der Waals surface area contributed by atoms with Crippen LogP contribution in [0.5, 0.6) is 0 Å². The molecule has 0 aliphatic rings. The van der Waals surface area contributed by atoms with E-state index < -0.39 is 0 Å². The van der Waals surface area contributed by atoms with Crippen molar-refractivity contribution in [2.45, 2.75) is 45.4 Å². The predicted octanol–water partition coefficient (Wildman–Crippen LogP) is 3.69. The van der Waals surface area contributed by atoms with E-state index >= 15 is 0 Å². The van der Waals surface area contributed by atoms with Crippen LogP contribution in [0.2, 0.25) is 0 Å². The molecule has 0 saturated carbocycles. The lowest BCUT2D eigenvalue weighted by molar-refractivity contribution is -0.107. The van der Waals surface area contributed by atoms with Crippen LogP contribution in [0.25, 0.3) is 0 Å². The van der Waals surface area contributed by atoms with Crippen LogP contribution in [-0.4, -0.2) is 6.29 Å². The van der Waals surface area contributed by atoms with Crippen molar-refractivity contribution in [2.75, 3.05) is 0 Å². The fourth-order valence-electron chi connectivity index (χ4n) is 1.67. The maximum atomic E-state index is 10.1. The normalized spacial score (nSPS) is 10.2.